The maximum absolute atomic E-state index is 12.9. The van der Waals surface area contributed by atoms with E-state index in [0.29, 0.717) is 18.7 Å². The van der Waals surface area contributed by atoms with Crippen molar-refractivity contribution in [2.24, 2.45) is 0 Å². The average molecular weight is 272 g/mol. The van der Waals surface area contributed by atoms with E-state index in [1.54, 1.807) is 12.1 Å². The van der Waals surface area contributed by atoms with Gasteiger partial charge in [0.2, 0.25) is 5.95 Å². The molecule has 0 spiro atoms. The lowest BCUT2D eigenvalue weighted by Gasteiger charge is -2.28. The van der Waals surface area contributed by atoms with Crippen LogP contribution in [0, 0.1) is 5.95 Å². The van der Waals surface area contributed by atoms with Crippen molar-refractivity contribution in [1.29, 1.82) is 0 Å². The van der Waals surface area contributed by atoms with Gasteiger partial charge in [-0.3, -0.25) is 0 Å². The van der Waals surface area contributed by atoms with Crippen molar-refractivity contribution >= 4 is 15.7 Å². The highest BCUT2D eigenvalue weighted by molar-refractivity contribution is 7.91. The van der Waals surface area contributed by atoms with E-state index in [-0.39, 0.29) is 11.3 Å². The highest BCUT2D eigenvalue weighted by Gasteiger charge is 2.28. The summed E-state index contributed by atoms with van der Waals surface area (Å²) in [6, 6.07) is 4.60. The zero-order valence-corrected chi connectivity index (χ0v) is 11.1. The second kappa shape index (κ2) is 5.22. The summed E-state index contributed by atoms with van der Waals surface area (Å²) in [4.78, 5) is 3.73. The van der Waals surface area contributed by atoms with Gasteiger partial charge in [0.1, 0.15) is 15.7 Å². The third-order valence-corrected chi connectivity index (χ3v) is 4.94. The molecule has 1 N–H and O–H groups in total. The summed E-state index contributed by atoms with van der Waals surface area (Å²) in [6.45, 7) is 0. The molecule has 2 rings (SSSR count). The molecule has 2 atom stereocenters. The van der Waals surface area contributed by atoms with Gasteiger partial charge in [-0.1, -0.05) is 12.5 Å². The third kappa shape index (κ3) is 3.41. The molecule has 1 saturated carbocycles. The van der Waals surface area contributed by atoms with E-state index in [1.165, 1.54) is 12.3 Å². The molecule has 100 valence electrons. The van der Waals surface area contributed by atoms with Gasteiger partial charge in [-0.15, -0.1) is 0 Å². The molecule has 4 nitrogen and oxygen atoms in total. The van der Waals surface area contributed by atoms with Gasteiger partial charge >= 0.3 is 0 Å². The number of sulfone groups is 1. The quantitative estimate of drug-likeness (QED) is 0.855. The van der Waals surface area contributed by atoms with E-state index in [2.05, 4.69) is 10.3 Å². The number of aromatic nitrogens is 1. The molecule has 0 radical (unpaired) electrons. The number of nitrogens with one attached hydrogen (secondary N) is 1. The molecule has 1 aliphatic carbocycles. The SMILES string of the molecule is CS(=O)(=O)C1CCCC(Nc2cccc(F)n2)C1. The smallest absolute Gasteiger partial charge is 0.214 e. The summed E-state index contributed by atoms with van der Waals surface area (Å²) in [5.74, 6) is -0.0652. The van der Waals surface area contributed by atoms with Crippen LogP contribution in [0.2, 0.25) is 0 Å². The van der Waals surface area contributed by atoms with Gasteiger partial charge in [-0.25, -0.2) is 13.4 Å². The topological polar surface area (TPSA) is 59.1 Å². The van der Waals surface area contributed by atoms with Crippen LogP contribution in [0.15, 0.2) is 18.2 Å². The van der Waals surface area contributed by atoms with Gasteiger partial charge in [0.15, 0.2) is 0 Å². The summed E-state index contributed by atoms with van der Waals surface area (Å²) < 4.78 is 36.0. The molecular weight excluding hydrogens is 255 g/mol. The molecule has 0 saturated heterocycles. The van der Waals surface area contributed by atoms with Crippen LogP contribution in [0.4, 0.5) is 10.2 Å². The molecule has 1 heterocycles. The Morgan fingerprint density at radius 1 is 1.39 bits per heavy atom. The normalized spacial score (nSPS) is 24.8. The lowest BCUT2D eigenvalue weighted by molar-refractivity contribution is 0.451. The van der Waals surface area contributed by atoms with Crippen molar-refractivity contribution in [2.45, 2.75) is 37.0 Å². The van der Waals surface area contributed by atoms with Crippen LogP contribution in [0.1, 0.15) is 25.7 Å². The van der Waals surface area contributed by atoms with E-state index in [0.717, 1.165) is 12.8 Å². The van der Waals surface area contributed by atoms with Crippen LogP contribution in [0.3, 0.4) is 0 Å². The van der Waals surface area contributed by atoms with Crippen molar-refractivity contribution in [3.05, 3.63) is 24.1 Å². The van der Waals surface area contributed by atoms with Crippen LogP contribution >= 0.6 is 0 Å². The summed E-state index contributed by atoms with van der Waals surface area (Å²) in [6.07, 6.45) is 4.32. The lowest BCUT2D eigenvalue weighted by atomic mass is 9.95. The fourth-order valence-electron chi connectivity index (χ4n) is 2.36. The summed E-state index contributed by atoms with van der Waals surface area (Å²) >= 11 is 0. The molecular formula is C12H17FN2O2S. The number of anilines is 1. The highest BCUT2D eigenvalue weighted by atomic mass is 32.2. The number of nitrogens with zero attached hydrogens (tertiary/aromatic N) is 1. The molecule has 1 aromatic heterocycles. The molecule has 0 aliphatic heterocycles. The first-order chi connectivity index (χ1) is 8.45. The molecule has 0 amide bonds. The maximum atomic E-state index is 12.9. The van der Waals surface area contributed by atoms with Crippen LogP contribution < -0.4 is 5.32 Å². The predicted octanol–water partition coefficient (Wildman–Crippen LogP) is 1.99. The fourth-order valence-corrected chi connectivity index (χ4v) is 3.54. The van der Waals surface area contributed by atoms with Crippen molar-refractivity contribution in [3.8, 4) is 0 Å². The van der Waals surface area contributed by atoms with Crippen molar-refractivity contribution in [2.75, 3.05) is 11.6 Å². The van der Waals surface area contributed by atoms with Gasteiger partial charge in [-0.05, 0) is 31.4 Å². The molecule has 1 fully saturated rings. The first kappa shape index (κ1) is 13.3. The number of pyridine rings is 1. The van der Waals surface area contributed by atoms with Gasteiger partial charge in [0.25, 0.3) is 0 Å². The van der Waals surface area contributed by atoms with Crippen LogP contribution in [0.5, 0.6) is 0 Å². The Labute approximate surface area is 107 Å². The van der Waals surface area contributed by atoms with E-state index < -0.39 is 15.8 Å². The second-order valence-corrected chi connectivity index (χ2v) is 7.13. The minimum absolute atomic E-state index is 0.0489. The minimum Gasteiger partial charge on any atom is -0.367 e. The van der Waals surface area contributed by atoms with Crippen molar-refractivity contribution in [3.63, 3.8) is 0 Å². The molecule has 1 aliphatic rings. The van der Waals surface area contributed by atoms with Crippen LogP contribution in [-0.2, 0) is 9.84 Å². The highest BCUT2D eigenvalue weighted by Crippen LogP contribution is 2.25. The Bertz CT molecular complexity index is 519. The fraction of sp³-hybridized carbons (Fsp3) is 0.583. The third-order valence-electron chi connectivity index (χ3n) is 3.30. The number of halogens is 1. The summed E-state index contributed by atoms with van der Waals surface area (Å²) in [7, 11) is -2.99. The van der Waals surface area contributed by atoms with E-state index in [4.69, 9.17) is 0 Å². The zero-order chi connectivity index (χ0) is 13.2. The second-order valence-electron chi connectivity index (χ2n) is 4.80. The van der Waals surface area contributed by atoms with Gasteiger partial charge in [-0.2, -0.15) is 4.39 Å². The molecule has 6 heteroatoms. The van der Waals surface area contributed by atoms with Gasteiger partial charge in [0.05, 0.1) is 5.25 Å². The summed E-state index contributed by atoms with van der Waals surface area (Å²) in [5, 5.41) is 2.81. The van der Waals surface area contributed by atoms with E-state index in [9.17, 15) is 12.8 Å². The number of hydrogen-bond donors (Lipinski definition) is 1. The number of hydrogen-bond acceptors (Lipinski definition) is 4. The Morgan fingerprint density at radius 3 is 2.83 bits per heavy atom. The predicted molar refractivity (Wildman–Crippen MR) is 68.7 cm³/mol. The Hall–Kier alpha value is -1.17. The lowest BCUT2D eigenvalue weighted by Crippen LogP contribution is -2.34. The first-order valence-electron chi connectivity index (χ1n) is 6.03. The number of rotatable bonds is 3. The molecule has 0 aromatic carbocycles. The Kier molecular flexibility index (Phi) is 3.85. The largest absolute Gasteiger partial charge is 0.367 e. The van der Waals surface area contributed by atoms with Crippen LogP contribution in [-0.4, -0.2) is 30.9 Å². The Balaban J connectivity index is 2.02. The van der Waals surface area contributed by atoms with E-state index >= 15 is 0 Å². The van der Waals surface area contributed by atoms with Crippen LogP contribution in [0.25, 0.3) is 0 Å². The van der Waals surface area contributed by atoms with Gasteiger partial charge in [0, 0.05) is 12.3 Å². The maximum Gasteiger partial charge on any atom is 0.214 e. The standard InChI is InChI=1S/C12H17FN2O2S/c1-18(16,17)10-5-2-4-9(8-10)14-12-7-3-6-11(13)15-12/h3,6-7,9-10H,2,4-5,8H2,1H3,(H,14,15). The molecule has 18 heavy (non-hydrogen) atoms. The summed E-state index contributed by atoms with van der Waals surface area (Å²) in [5.41, 5.74) is 0. The van der Waals surface area contributed by atoms with Crippen molar-refractivity contribution < 1.29 is 12.8 Å². The van der Waals surface area contributed by atoms with Crippen molar-refractivity contribution in [1.82, 2.24) is 4.98 Å². The molecule has 0 bridgehead atoms. The molecule has 2 unspecified atom stereocenters. The Morgan fingerprint density at radius 2 is 2.17 bits per heavy atom. The first-order valence-corrected chi connectivity index (χ1v) is 7.98. The zero-order valence-electron chi connectivity index (χ0n) is 10.3. The monoisotopic (exact) mass is 272 g/mol. The minimum atomic E-state index is -2.99. The van der Waals surface area contributed by atoms with Gasteiger partial charge < -0.3 is 5.32 Å². The average Bonchev–Trinajstić information content (AvgIpc) is 2.28. The van der Waals surface area contributed by atoms with E-state index in [1.807, 2.05) is 0 Å². The molecule has 1 aromatic rings.